The van der Waals surface area contributed by atoms with Crippen LogP contribution in [0.3, 0.4) is 0 Å². The van der Waals surface area contributed by atoms with Crippen LogP contribution >= 0.6 is 0 Å². The quantitative estimate of drug-likeness (QED) is 0.599. The van der Waals surface area contributed by atoms with Crippen molar-refractivity contribution >= 4 is 17.5 Å². The van der Waals surface area contributed by atoms with E-state index < -0.39 is 58.9 Å². The molecule has 194 valence electrons. The van der Waals surface area contributed by atoms with E-state index in [1.807, 2.05) is 0 Å². The molecule has 0 bridgehead atoms. The number of ether oxygens (including phenoxy) is 3. The number of anilines is 1. The van der Waals surface area contributed by atoms with Gasteiger partial charge in [0.25, 0.3) is 11.8 Å². The molecule has 12 heteroatoms. The van der Waals surface area contributed by atoms with Crippen LogP contribution in [0.4, 0.5) is 27.6 Å². The highest BCUT2D eigenvalue weighted by Crippen LogP contribution is 2.55. The maximum atomic E-state index is 14.5. The second-order valence-electron chi connectivity index (χ2n) is 8.75. The van der Waals surface area contributed by atoms with Crippen molar-refractivity contribution in [2.45, 2.75) is 37.6 Å². The number of rotatable bonds is 4. The normalized spacial score (nSPS) is 25.9. The topological polar surface area (TPSA) is 85.9 Å². The summed E-state index contributed by atoms with van der Waals surface area (Å²) in [5.41, 5.74) is -2.69. The third-order valence-electron chi connectivity index (χ3n) is 6.71. The van der Waals surface area contributed by atoms with Gasteiger partial charge in [0, 0.05) is 23.1 Å². The van der Waals surface area contributed by atoms with Gasteiger partial charge in [-0.1, -0.05) is 13.0 Å². The van der Waals surface area contributed by atoms with Gasteiger partial charge in [-0.2, -0.15) is 17.6 Å². The molecule has 1 fully saturated rings. The Morgan fingerprint density at radius 2 is 1.94 bits per heavy atom. The van der Waals surface area contributed by atoms with Crippen molar-refractivity contribution in [2.24, 2.45) is 5.92 Å². The van der Waals surface area contributed by atoms with E-state index in [2.05, 4.69) is 10.6 Å². The predicted molar refractivity (Wildman–Crippen MR) is 117 cm³/mol. The van der Waals surface area contributed by atoms with Crippen molar-refractivity contribution in [1.29, 1.82) is 0 Å². The molecule has 1 saturated heterocycles. The maximum absolute atomic E-state index is 14.5. The molecule has 4 rings (SSSR count). The van der Waals surface area contributed by atoms with Gasteiger partial charge in [-0.3, -0.25) is 9.59 Å². The first-order chi connectivity index (χ1) is 16.9. The number of amides is 2. The molecule has 0 saturated carbocycles. The van der Waals surface area contributed by atoms with Crippen LogP contribution in [0.15, 0.2) is 30.3 Å². The van der Waals surface area contributed by atoms with E-state index in [0.29, 0.717) is 0 Å². The van der Waals surface area contributed by atoms with Gasteiger partial charge in [-0.25, -0.2) is 4.39 Å². The number of methoxy groups -OCH3 is 1. The van der Waals surface area contributed by atoms with Gasteiger partial charge in [0.15, 0.2) is 17.2 Å². The van der Waals surface area contributed by atoms with Gasteiger partial charge in [0.1, 0.15) is 18.5 Å². The summed E-state index contributed by atoms with van der Waals surface area (Å²) in [6.07, 6.45) is -6.64. The highest BCUT2D eigenvalue weighted by molar-refractivity contribution is 6.00. The molecule has 2 aliphatic rings. The highest BCUT2D eigenvalue weighted by Gasteiger charge is 2.65. The van der Waals surface area contributed by atoms with E-state index in [1.54, 1.807) is 0 Å². The molecule has 2 aromatic rings. The Balaban J connectivity index is 1.73. The minimum absolute atomic E-state index is 0.104. The van der Waals surface area contributed by atoms with Crippen LogP contribution in [0.1, 0.15) is 35.7 Å². The molecule has 2 N–H and O–H groups in total. The average molecular weight is 514 g/mol. The lowest BCUT2D eigenvalue weighted by atomic mass is 9.77. The molecule has 2 amide bonds. The Bertz CT molecular complexity index is 1200. The Hall–Kier alpha value is -3.41. The van der Waals surface area contributed by atoms with Gasteiger partial charge < -0.3 is 24.8 Å². The average Bonchev–Trinajstić information content (AvgIpc) is 2.97. The number of carbonyl (C=O) groups excluding carboxylic acids is 2. The molecule has 2 aromatic carbocycles. The van der Waals surface area contributed by atoms with Gasteiger partial charge in [0.05, 0.1) is 19.2 Å². The molecule has 0 radical (unpaired) electrons. The van der Waals surface area contributed by atoms with Crippen molar-refractivity contribution in [3.8, 4) is 11.5 Å². The third-order valence-corrected chi connectivity index (χ3v) is 6.71. The zero-order valence-corrected chi connectivity index (χ0v) is 19.5. The first kappa shape index (κ1) is 25.7. The summed E-state index contributed by atoms with van der Waals surface area (Å²) < 4.78 is 86.2. The Morgan fingerprint density at radius 3 is 2.61 bits per heavy atom. The fourth-order valence-electron chi connectivity index (χ4n) is 4.59. The van der Waals surface area contributed by atoms with E-state index in [-0.39, 0.29) is 35.7 Å². The number of nitrogens with one attached hydrogen (secondary N) is 2. The summed E-state index contributed by atoms with van der Waals surface area (Å²) in [5.74, 6) is -7.14. The Morgan fingerprint density at radius 1 is 1.22 bits per heavy atom. The lowest BCUT2D eigenvalue weighted by molar-refractivity contribution is -0.272. The zero-order chi connectivity index (χ0) is 26.4. The molecular weight excluding hydrogens is 491 g/mol. The Kier molecular flexibility index (Phi) is 6.58. The minimum Gasteiger partial charge on any atom is -0.493 e. The number of halogens is 5. The molecular formula is C24H23F5N2O5. The molecule has 7 nitrogen and oxygen atoms in total. The summed E-state index contributed by atoms with van der Waals surface area (Å²) in [6.45, 7) is 2.54. The molecule has 2 heterocycles. The van der Waals surface area contributed by atoms with Crippen LogP contribution in [0.2, 0.25) is 0 Å². The van der Waals surface area contributed by atoms with Crippen molar-refractivity contribution in [1.82, 2.24) is 5.32 Å². The van der Waals surface area contributed by atoms with Crippen LogP contribution in [-0.2, 0) is 9.53 Å². The molecule has 0 aromatic heterocycles. The van der Waals surface area contributed by atoms with Crippen LogP contribution in [-0.4, -0.2) is 50.0 Å². The summed E-state index contributed by atoms with van der Waals surface area (Å²) in [4.78, 5) is 25.6. The van der Waals surface area contributed by atoms with Crippen LogP contribution < -0.4 is 20.1 Å². The fraction of sp³-hybridized carbons (Fsp3) is 0.417. The number of hydrogen-bond donors (Lipinski definition) is 2. The second kappa shape index (κ2) is 9.23. The lowest BCUT2D eigenvalue weighted by Gasteiger charge is -2.32. The van der Waals surface area contributed by atoms with E-state index in [1.165, 1.54) is 25.1 Å². The summed E-state index contributed by atoms with van der Waals surface area (Å²) in [7, 11) is 1.04. The lowest BCUT2D eigenvalue weighted by Crippen LogP contribution is -2.47. The van der Waals surface area contributed by atoms with Crippen LogP contribution in [0.25, 0.3) is 0 Å². The number of benzene rings is 2. The summed E-state index contributed by atoms with van der Waals surface area (Å²) >= 11 is 0. The van der Waals surface area contributed by atoms with Gasteiger partial charge in [0.2, 0.25) is 5.82 Å². The zero-order valence-electron chi connectivity index (χ0n) is 19.5. The third kappa shape index (κ3) is 4.23. The first-order valence-electron chi connectivity index (χ1n) is 11.0. The smallest absolute Gasteiger partial charge is 0.417 e. The molecule has 2 aliphatic heterocycles. The number of hydrogen-bond acceptors (Lipinski definition) is 5. The number of fused-ring (bicyclic) bond motifs is 1. The van der Waals surface area contributed by atoms with Gasteiger partial charge >= 0.3 is 6.18 Å². The molecule has 4 atom stereocenters. The van der Waals surface area contributed by atoms with Crippen molar-refractivity contribution in [3.63, 3.8) is 0 Å². The Labute approximate surface area is 202 Å². The largest absolute Gasteiger partial charge is 0.493 e. The van der Waals surface area contributed by atoms with Crippen LogP contribution in [0, 0.1) is 17.6 Å². The van der Waals surface area contributed by atoms with E-state index in [0.717, 1.165) is 26.2 Å². The number of carbonyl (C=O) groups is 2. The van der Waals surface area contributed by atoms with E-state index >= 15 is 0 Å². The first-order valence-corrected chi connectivity index (χ1v) is 11.0. The highest BCUT2D eigenvalue weighted by atomic mass is 19.4. The van der Waals surface area contributed by atoms with Gasteiger partial charge in [-0.15, -0.1) is 0 Å². The molecule has 36 heavy (non-hydrogen) atoms. The number of alkyl halides is 3. The molecule has 0 aliphatic carbocycles. The van der Waals surface area contributed by atoms with Crippen LogP contribution in [0.5, 0.6) is 11.5 Å². The van der Waals surface area contributed by atoms with Gasteiger partial charge in [-0.05, 0) is 31.2 Å². The molecule has 0 spiro atoms. The standard InChI is InChI=1S/C24H23F5N2O5/c1-11-17(13-5-6-15(25)18(26)19(13)34-3)20(36-23(11,2)24(27,28)29)22(33)31-12-4-7-16-14(10-12)21(32)30-8-9-35-16/h4-7,10-11,17,20H,8-9H2,1-3H3,(H,30,32)(H,31,33)/t11-,17-,20+,23+/m0/s1. The second-order valence-corrected chi connectivity index (χ2v) is 8.75. The monoisotopic (exact) mass is 514 g/mol. The van der Waals surface area contributed by atoms with Crippen molar-refractivity contribution < 1.29 is 45.8 Å². The minimum atomic E-state index is -4.88. The maximum Gasteiger partial charge on any atom is 0.417 e. The fourth-order valence-corrected chi connectivity index (χ4v) is 4.59. The van der Waals surface area contributed by atoms with E-state index in [4.69, 9.17) is 14.2 Å². The van der Waals surface area contributed by atoms with Crippen molar-refractivity contribution in [2.75, 3.05) is 25.6 Å². The predicted octanol–water partition coefficient (Wildman–Crippen LogP) is 4.17. The van der Waals surface area contributed by atoms with E-state index in [9.17, 15) is 31.5 Å². The summed E-state index contributed by atoms with van der Waals surface area (Å²) in [5, 5.41) is 5.09. The SMILES string of the molecule is COc1c([C@H]2[C@H](C(=O)Nc3ccc4c(c3)C(=O)NCCO4)O[C@@](C)(C(F)(F)F)[C@H]2C)ccc(F)c1F. The summed E-state index contributed by atoms with van der Waals surface area (Å²) in [6, 6.07) is 6.02. The van der Waals surface area contributed by atoms with Crippen molar-refractivity contribution in [3.05, 3.63) is 53.1 Å². The molecule has 0 unspecified atom stereocenters.